The van der Waals surface area contributed by atoms with Crippen LogP contribution in [0.4, 0.5) is 10.5 Å². The van der Waals surface area contributed by atoms with Gasteiger partial charge in [0.1, 0.15) is 4.90 Å². The van der Waals surface area contributed by atoms with Crippen LogP contribution in [0.5, 0.6) is 5.88 Å². The first-order chi connectivity index (χ1) is 13.7. The number of aromatic nitrogens is 4. The van der Waals surface area contributed by atoms with E-state index in [2.05, 4.69) is 19.9 Å². The van der Waals surface area contributed by atoms with Gasteiger partial charge in [0.2, 0.25) is 5.88 Å². The van der Waals surface area contributed by atoms with E-state index in [1.165, 1.54) is 6.20 Å². The Morgan fingerprint density at radius 1 is 1.38 bits per heavy atom. The molecule has 2 amide bonds. The van der Waals surface area contributed by atoms with Crippen LogP contribution in [-0.2, 0) is 23.0 Å². The number of nitrogens with zero attached hydrogens (tertiary/aromatic N) is 5. The van der Waals surface area contributed by atoms with E-state index in [-0.39, 0.29) is 16.7 Å². The van der Waals surface area contributed by atoms with Gasteiger partial charge in [-0.15, -0.1) is 4.36 Å². The maximum absolute atomic E-state index is 13.0. The molecule has 2 aromatic heterocycles. The second-order valence-corrected chi connectivity index (χ2v) is 9.36. The van der Waals surface area contributed by atoms with Crippen molar-refractivity contribution in [1.29, 1.82) is 0 Å². The highest BCUT2D eigenvalue weighted by Gasteiger charge is 2.26. The quantitative estimate of drug-likeness (QED) is 0.763. The van der Waals surface area contributed by atoms with Gasteiger partial charge < -0.3 is 10.1 Å². The van der Waals surface area contributed by atoms with Crippen molar-refractivity contribution in [3.63, 3.8) is 0 Å². The number of hydrogen-bond acceptors (Lipinski definition) is 5. The molecule has 1 atom stereocenters. The van der Waals surface area contributed by atoms with Gasteiger partial charge in [0.05, 0.1) is 29.9 Å². The predicted octanol–water partition coefficient (Wildman–Crippen LogP) is 3.06. The standard InChI is InChI=1S/C18H29N7O3S/c1-6-24-16(12(4)5)15(14(22-24)11(2)3)21-18(26)23-29(19,27)13-10-20-25-8-7-9-28-17(13)25/h10-12H,6-9H2,1-5H3,(H3,19,21,23,26,27). The number of ether oxygens (including phenoxy) is 1. The second-order valence-electron chi connectivity index (χ2n) is 7.60. The molecule has 0 spiro atoms. The fourth-order valence-corrected chi connectivity index (χ4v) is 4.40. The molecule has 10 nitrogen and oxygen atoms in total. The third kappa shape index (κ3) is 4.15. The van der Waals surface area contributed by atoms with Crippen molar-refractivity contribution < 1.29 is 13.7 Å². The Kier molecular flexibility index (Phi) is 5.99. The summed E-state index contributed by atoms with van der Waals surface area (Å²) < 4.78 is 25.8. The van der Waals surface area contributed by atoms with Crippen molar-refractivity contribution in [3.8, 4) is 5.88 Å². The van der Waals surface area contributed by atoms with E-state index in [1.54, 1.807) is 4.68 Å². The van der Waals surface area contributed by atoms with Crippen molar-refractivity contribution >= 4 is 21.6 Å². The number of carbonyl (C=O) groups excluding carboxylic acids is 1. The summed E-state index contributed by atoms with van der Waals surface area (Å²) in [5.41, 5.74) is 2.26. The van der Waals surface area contributed by atoms with Crippen molar-refractivity contribution in [2.24, 2.45) is 9.50 Å². The lowest BCUT2D eigenvalue weighted by Crippen LogP contribution is -2.21. The maximum atomic E-state index is 13.0. The molecule has 1 aliphatic heterocycles. The molecular weight excluding hydrogens is 394 g/mol. The lowest BCUT2D eigenvalue weighted by Gasteiger charge is -2.16. The molecule has 29 heavy (non-hydrogen) atoms. The van der Waals surface area contributed by atoms with Crippen LogP contribution in [0.15, 0.2) is 15.5 Å². The number of nitrogens with two attached hydrogens (primary N) is 1. The number of aryl methyl sites for hydroxylation is 2. The predicted molar refractivity (Wildman–Crippen MR) is 110 cm³/mol. The highest BCUT2D eigenvalue weighted by molar-refractivity contribution is 7.91. The molecule has 3 rings (SSSR count). The molecule has 3 heterocycles. The largest absolute Gasteiger partial charge is 0.477 e. The molecule has 0 radical (unpaired) electrons. The Balaban J connectivity index is 1.97. The molecule has 11 heteroatoms. The minimum absolute atomic E-state index is 0.0916. The van der Waals surface area contributed by atoms with Gasteiger partial charge in [-0.05, 0) is 18.8 Å². The smallest absolute Gasteiger partial charge is 0.354 e. The molecule has 1 unspecified atom stereocenters. The summed E-state index contributed by atoms with van der Waals surface area (Å²) in [5, 5.41) is 17.5. The van der Waals surface area contributed by atoms with Gasteiger partial charge in [0.15, 0.2) is 9.92 Å². The van der Waals surface area contributed by atoms with E-state index < -0.39 is 15.9 Å². The normalized spacial score (nSPS) is 15.7. The van der Waals surface area contributed by atoms with E-state index in [9.17, 15) is 9.00 Å². The first-order valence-electron chi connectivity index (χ1n) is 9.80. The molecule has 0 fully saturated rings. The molecule has 160 valence electrons. The van der Waals surface area contributed by atoms with Crippen LogP contribution in [-0.4, -0.2) is 36.4 Å². The van der Waals surface area contributed by atoms with Gasteiger partial charge in [-0.2, -0.15) is 10.2 Å². The third-order valence-electron chi connectivity index (χ3n) is 4.69. The number of carbonyl (C=O) groups is 1. The van der Waals surface area contributed by atoms with Crippen LogP contribution in [0.1, 0.15) is 64.3 Å². The second kappa shape index (κ2) is 8.15. The lowest BCUT2D eigenvalue weighted by molar-refractivity contribution is 0.224. The van der Waals surface area contributed by atoms with E-state index >= 15 is 0 Å². The number of fused-ring (bicyclic) bond motifs is 1. The zero-order valence-electron chi connectivity index (χ0n) is 17.5. The molecular formula is C18H29N7O3S. The number of urea groups is 1. The average Bonchev–Trinajstić information content (AvgIpc) is 3.22. The molecule has 2 aromatic rings. The van der Waals surface area contributed by atoms with Crippen molar-refractivity contribution in [3.05, 3.63) is 17.6 Å². The van der Waals surface area contributed by atoms with Crippen LogP contribution in [0.3, 0.4) is 0 Å². The summed E-state index contributed by atoms with van der Waals surface area (Å²) in [7, 11) is -3.52. The van der Waals surface area contributed by atoms with Gasteiger partial charge in [0.25, 0.3) is 0 Å². The van der Waals surface area contributed by atoms with E-state index in [0.29, 0.717) is 31.3 Å². The summed E-state index contributed by atoms with van der Waals surface area (Å²) in [6.07, 6.45) is 2.16. The van der Waals surface area contributed by atoms with E-state index in [4.69, 9.17) is 9.88 Å². The molecule has 0 bridgehead atoms. The van der Waals surface area contributed by atoms with Gasteiger partial charge in [-0.3, -0.25) is 4.68 Å². The summed E-state index contributed by atoms with van der Waals surface area (Å²) in [4.78, 5) is 12.8. The summed E-state index contributed by atoms with van der Waals surface area (Å²) >= 11 is 0. The summed E-state index contributed by atoms with van der Waals surface area (Å²) in [6, 6.07) is -0.785. The molecule has 0 saturated heterocycles. The first kappa shape index (κ1) is 21.3. The Morgan fingerprint density at radius 3 is 2.72 bits per heavy atom. The fraction of sp³-hybridized carbons (Fsp3) is 0.611. The fourth-order valence-electron chi connectivity index (χ4n) is 3.40. The number of nitrogens with one attached hydrogen (secondary N) is 1. The van der Waals surface area contributed by atoms with Crippen LogP contribution < -0.4 is 15.2 Å². The number of amides is 2. The molecule has 0 aliphatic carbocycles. The minimum Gasteiger partial charge on any atom is -0.477 e. The Bertz CT molecular complexity index is 1030. The third-order valence-corrected chi connectivity index (χ3v) is 6.04. The molecule has 1 aliphatic rings. The Labute approximate surface area is 171 Å². The van der Waals surface area contributed by atoms with Crippen LogP contribution >= 0.6 is 0 Å². The van der Waals surface area contributed by atoms with Crippen molar-refractivity contribution in [2.45, 2.75) is 70.9 Å². The van der Waals surface area contributed by atoms with Gasteiger partial charge in [-0.1, -0.05) is 27.7 Å². The van der Waals surface area contributed by atoms with Crippen LogP contribution in [0, 0.1) is 0 Å². The average molecular weight is 424 g/mol. The number of rotatable bonds is 5. The number of anilines is 1. The van der Waals surface area contributed by atoms with Crippen LogP contribution in [0.25, 0.3) is 0 Å². The lowest BCUT2D eigenvalue weighted by atomic mass is 10.0. The zero-order valence-corrected chi connectivity index (χ0v) is 18.3. The van der Waals surface area contributed by atoms with Gasteiger partial charge in [0, 0.05) is 19.5 Å². The van der Waals surface area contributed by atoms with Crippen LogP contribution in [0.2, 0.25) is 0 Å². The highest BCUT2D eigenvalue weighted by Crippen LogP contribution is 2.33. The maximum Gasteiger partial charge on any atom is 0.354 e. The van der Waals surface area contributed by atoms with Gasteiger partial charge >= 0.3 is 6.03 Å². The van der Waals surface area contributed by atoms with Crippen molar-refractivity contribution in [2.75, 3.05) is 11.9 Å². The zero-order chi connectivity index (χ0) is 21.3. The minimum atomic E-state index is -3.52. The Morgan fingerprint density at radius 2 is 2.10 bits per heavy atom. The number of hydrogen-bond donors (Lipinski definition) is 2. The topological polar surface area (TPSA) is 129 Å². The monoisotopic (exact) mass is 423 g/mol. The Hall–Kier alpha value is -2.40. The van der Waals surface area contributed by atoms with Gasteiger partial charge in [-0.25, -0.2) is 18.8 Å². The molecule has 3 N–H and O–H groups in total. The molecule has 0 aromatic carbocycles. The van der Waals surface area contributed by atoms with E-state index in [0.717, 1.165) is 17.8 Å². The first-order valence-corrected chi connectivity index (χ1v) is 11.4. The summed E-state index contributed by atoms with van der Waals surface area (Å²) in [6.45, 7) is 11.9. The highest BCUT2D eigenvalue weighted by atomic mass is 32.2. The molecule has 0 saturated carbocycles. The summed E-state index contributed by atoms with van der Waals surface area (Å²) in [5.74, 6) is 0.530. The van der Waals surface area contributed by atoms with Crippen molar-refractivity contribution in [1.82, 2.24) is 19.6 Å². The SMILES string of the molecule is CCn1nc(C(C)C)c(NC(=O)N=S(N)(=O)c2cnn3c2OCCC3)c1C(C)C. The van der Waals surface area contributed by atoms with E-state index in [1.807, 2.05) is 39.3 Å².